The normalized spacial score (nSPS) is 11.0. The fourth-order valence-corrected chi connectivity index (χ4v) is 1.69. The SMILES string of the molecule is CCn1cc(I)nc1C(C)C. The van der Waals surface area contributed by atoms with Crippen molar-refractivity contribution in [2.24, 2.45) is 0 Å². The van der Waals surface area contributed by atoms with Crippen LogP contribution in [0.3, 0.4) is 0 Å². The van der Waals surface area contributed by atoms with Gasteiger partial charge in [-0.1, -0.05) is 13.8 Å². The van der Waals surface area contributed by atoms with Gasteiger partial charge in [0.1, 0.15) is 9.53 Å². The van der Waals surface area contributed by atoms with Crippen molar-refractivity contribution in [1.29, 1.82) is 0 Å². The van der Waals surface area contributed by atoms with E-state index in [1.807, 2.05) is 0 Å². The zero-order valence-electron chi connectivity index (χ0n) is 7.13. The Labute approximate surface area is 81.2 Å². The quantitative estimate of drug-likeness (QED) is 0.751. The molecule has 0 saturated carbocycles. The molecule has 11 heavy (non-hydrogen) atoms. The van der Waals surface area contributed by atoms with Gasteiger partial charge in [0.05, 0.1) is 0 Å². The first-order valence-electron chi connectivity index (χ1n) is 3.87. The van der Waals surface area contributed by atoms with Crippen LogP contribution in [0.5, 0.6) is 0 Å². The largest absolute Gasteiger partial charge is 0.334 e. The summed E-state index contributed by atoms with van der Waals surface area (Å²) in [6, 6.07) is 0. The van der Waals surface area contributed by atoms with Gasteiger partial charge in [0.15, 0.2) is 0 Å². The first kappa shape index (κ1) is 9.03. The van der Waals surface area contributed by atoms with Gasteiger partial charge in [0, 0.05) is 18.7 Å². The molecule has 0 saturated heterocycles. The van der Waals surface area contributed by atoms with Gasteiger partial charge in [0.2, 0.25) is 0 Å². The number of rotatable bonds is 2. The van der Waals surface area contributed by atoms with Crippen LogP contribution in [0.25, 0.3) is 0 Å². The van der Waals surface area contributed by atoms with E-state index >= 15 is 0 Å². The average molecular weight is 264 g/mol. The Kier molecular flexibility index (Phi) is 2.92. The van der Waals surface area contributed by atoms with Gasteiger partial charge in [-0.25, -0.2) is 4.98 Å². The summed E-state index contributed by atoms with van der Waals surface area (Å²) in [6.45, 7) is 7.50. The smallest absolute Gasteiger partial charge is 0.119 e. The van der Waals surface area contributed by atoms with Crippen LogP contribution in [-0.2, 0) is 6.54 Å². The molecule has 0 spiro atoms. The average Bonchev–Trinajstić information content (AvgIpc) is 2.30. The summed E-state index contributed by atoms with van der Waals surface area (Å²) >= 11 is 2.25. The second-order valence-electron chi connectivity index (χ2n) is 2.86. The molecule has 0 aliphatic rings. The number of imidazole rings is 1. The lowest BCUT2D eigenvalue weighted by atomic mass is 10.2. The van der Waals surface area contributed by atoms with Gasteiger partial charge in [-0.15, -0.1) is 0 Å². The predicted molar refractivity (Wildman–Crippen MR) is 54.7 cm³/mol. The van der Waals surface area contributed by atoms with Gasteiger partial charge in [-0.2, -0.15) is 0 Å². The molecular weight excluding hydrogens is 251 g/mol. The summed E-state index contributed by atoms with van der Waals surface area (Å²) in [5.41, 5.74) is 0. The number of nitrogens with zero attached hydrogens (tertiary/aromatic N) is 2. The summed E-state index contributed by atoms with van der Waals surface area (Å²) in [7, 11) is 0. The van der Waals surface area contributed by atoms with Gasteiger partial charge in [-0.3, -0.25) is 0 Å². The summed E-state index contributed by atoms with van der Waals surface area (Å²) in [5.74, 6) is 1.72. The lowest BCUT2D eigenvalue weighted by Gasteiger charge is -2.05. The summed E-state index contributed by atoms with van der Waals surface area (Å²) < 4.78 is 3.29. The molecule has 0 aliphatic carbocycles. The summed E-state index contributed by atoms with van der Waals surface area (Å²) in [6.07, 6.45) is 2.09. The maximum atomic E-state index is 4.43. The Bertz CT molecular complexity index is 240. The Hall–Kier alpha value is -0.0600. The number of halogens is 1. The fourth-order valence-electron chi connectivity index (χ4n) is 1.11. The first-order chi connectivity index (χ1) is 5.15. The topological polar surface area (TPSA) is 17.8 Å². The van der Waals surface area contributed by atoms with Crippen molar-refractivity contribution in [3.8, 4) is 0 Å². The Balaban J connectivity index is 3.02. The minimum absolute atomic E-state index is 0.526. The van der Waals surface area contributed by atoms with Gasteiger partial charge in [0.25, 0.3) is 0 Å². The molecule has 0 amide bonds. The maximum absolute atomic E-state index is 4.43. The van der Waals surface area contributed by atoms with Crippen molar-refractivity contribution < 1.29 is 0 Å². The molecule has 1 rings (SSSR count). The molecule has 0 radical (unpaired) electrons. The van der Waals surface area contributed by atoms with Crippen molar-refractivity contribution in [3.63, 3.8) is 0 Å². The van der Waals surface area contributed by atoms with Crippen molar-refractivity contribution >= 4 is 22.6 Å². The highest BCUT2D eigenvalue weighted by molar-refractivity contribution is 14.1. The third kappa shape index (κ3) is 1.95. The minimum Gasteiger partial charge on any atom is -0.334 e. The highest BCUT2D eigenvalue weighted by atomic mass is 127. The van der Waals surface area contributed by atoms with Crippen molar-refractivity contribution in [2.45, 2.75) is 33.2 Å². The van der Waals surface area contributed by atoms with E-state index < -0.39 is 0 Å². The van der Waals surface area contributed by atoms with E-state index in [-0.39, 0.29) is 0 Å². The van der Waals surface area contributed by atoms with Crippen LogP contribution in [0.2, 0.25) is 0 Å². The maximum Gasteiger partial charge on any atom is 0.119 e. The first-order valence-corrected chi connectivity index (χ1v) is 4.95. The molecule has 3 heteroatoms. The molecule has 0 N–H and O–H groups in total. The van der Waals surface area contributed by atoms with Gasteiger partial charge >= 0.3 is 0 Å². The molecule has 0 bridgehead atoms. The van der Waals surface area contributed by atoms with E-state index in [0.29, 0.717) is 5.92 Å². The molecule has 1 heterocycles. The van der Waals surface area contributed by atoms with Crippen LogP contribution < -0.4 is 0 Å². The number of aromatic nitrogens is 2. The standard InChI is InChI=1S/C8H13IN2/c1-4-11-5-7(9)10-8(11)6(2)3/h5-6H,4H2,1-3H3. The van der Waals surface area contributed by atoms with E-state index in [1.165, 1.54) is 5.82 Å². The van der Waals surface area contributed by atoms with Crippen molar-refractivity contribution in [3.05, 3.63) is 15.7 Å². The molecule has 0 aliphatic heterocycles. The van der Waals surface area contributed by atoms with Gasteiger partial charge in [-0.05, 0) is 29.5 Å². The lowest BCUT2D eigenvalue weighted by molar-refractivity contribution is 0.652. The zero-order valence-corrected chi connectivity index (χ0v) is 9.29. The van der Waals surface area contributed by atoms with E-state index in [2.05, 4.69) is 59.1 Å². The monoisotopic (exact) mass is 264 g/mol. The van der Waals surface area contributed by atoms with E-state index in [9.17, 15) is 0 Å². The molecule has 0 aromatic carbocycles. The van der Waals surface area contributed by atoms with Crippen LogP contribution in [-0.4, -0.2) is 9.55 Å². The Morgan fingerprint density at radius 3 is 2.64 bits per heavy atom. The van der Waals surface area contributed by atoms with Crippen LogP contribution >= 0.6 is 22.6 Å². The van der Waals surface area contributed by atoms with Crippen LogP contribution in [0, 0.1) is 3.70 Å². The zero-order chi connectivity index (χ0) is 8.43. The Morgan fingerprint density at radius 1 is 1.64 bits per heavy atom. The number of hydrogen-bond donors (Lipinski definition) is 0. The number of aryl methyl sites for hydroxylation is 1. The minimum atomic E-state index is 0.526. The van der Waals surface area contributed by atoms with Gasteiger partial charge < -0.3 is 4.57 Å². The van der Waals surface area contributed by atoms with Crippen LogP contribution in [0.4, 0.5) is 0 Å². The third-order valence-electron chi connectivity index (χ3n) is 1.64. The molecule has 1 aromatic rings. The molecule has 2 nitrogen and oxygen atoms in total. The highest BCUT2D eigenvalue weighted by Crippen LogP contribution is 2.14. The summed E-state index contributed by atoms with van der Waals surface area (Å²) in [5, 5.41) is 0. The summed E-state index contributed by atoms with van der Waals surface area (Å²) in [4.78, 5) is 4.43. The molecule has 1 aromatic heterocycles. The molecule has 0 atom stereocenters. The van der Waals surface area contributed by atoms with Crippen LogP contribution in [0.15, 0.2) is 6.20 Å². The molecular formula is C8H13IN2. The fraction of sp³-hybridized carbons (Fsp3) is 0.625. The third-order valence-corrected chi connectivity index (χ3v) is 2.15. The molecule has 0 fully saturated rings. The van der Waals surface area contributed by atoms with Crippen molar-refractivity contribution in [2.75, 3.05) is 0 Å². The highest BCUT2D eigenvalue weighted by Gasteiger charge is 2.07. The Morgan fingerprint density at radius 2 is 2.27 bits per heavy atom. The lowest BCUT2D eigenvalue weighted by Crippen LogP contribution is -2.01. The van der Waals surface area contributed by atoms with Crippen LogP contribution in [0.1, 0.15) is 32.5 Å². The van der Waals surface area contributed by atoms with E-state index in [0.717, 1.165) is 10.2 Å². The van der Waals surface area contributed by atoms with E-state index in [1.54, 1.807) is 0 Å². The second-order valence-corrected chi connectivity index (χ2v) is 3.97. The molecule has 0 unspecified atom stereocenters. The van der Waals surface area contributed by atoms with Crippen molar-refractivity contribution in [1.82, 2.24) is 9.55 Å². The van der Waals surface area contributed by atoms with E-state index in [4.69, 9.17) is 0 Å². The second kappa shape index (κ2) is 3.56. The molecule has 62 valence electrons. The predicted octanol–water partition coefficient (Wildman–Crippen LogP) is 2.63. The number of hydrogen-bond acceptors (Lipinski definition) is 1.